The molecule has 96 valence electrons. The molecule has 7 nitrogen and oxygen atoms in total. The third-order valence-corrected chi connectivity index (χ3v) is 2.80. The lowest BCUT2D eigenvalue weighted by atomic mass is 10.2. The van der Waals surface area contributed by atoms with E-state index in [0.717, 1.165) is 30.4 Å². The zero-order valence-corrected chi connectivity index (χ0v) is 10.4. The Morgan fingerprint density at radius 3 is 3.06 bits per heavy atom. The molecule has 8 heteroatoms. The summed E-state index contributed by atoms with van der Waals surface area (Å²) in [6.45, 7) is 2.04. The molecule has 2 aromatic heterocycles. The van der Waals surface area contributed by atoms with Crippen LogP contribution in [0.4, 0.5) is 0 Å². The molecule has 2 heterocycles. The predicted molar refractivity (Wildman–Crippen MR) is 62.1 cm³/mol. The van der Waals surface area contributed by atoms with Crippen LogP contribution in [0, 0.1) is 0 Å². The predicted octanol–water partition coefficient (Wildman–Crippen LogP) is 1.85. The topological polar surface area (TPSA) is 102 Å². The van der Waals surface area contributed by atoms with Gasteiger partial charge in [0, 0.05) is 12.5 Å². The third kappa shape index (κ3) is 3.10. The number of aryl methyl sites for hydroxylation is 1. The van der Waals surface area contributed by atoms with Crippen LogP contribution in [0.15, 0.2) is 20.2 Å². The molecule has 0 atom stereocenters. The minimum absolute atomic E-state index is 0.123. The Bertz CT molecular complexity index is 537. The fraction of sp³-hybridized carbons (Fsp3) is 0.400. The summed E-state index contributed by atoms with van der Waals surface area (Å²) in [5.74, 6) is -0.0764. The van der Waals surface area contributed by atoms with Crippen LogP contribution in [0.2, 0.25) is 0 Å². The number of carbonyl (C=O) groups is 1. The minimum atomic E-state index is -0.939. The Hall–Kier alpha value is -1.83. The largest absolute Gasteiger partial charge is 0.481 e. The summed E-state index contributed by atoms with van der Waals surface area (Å²) in [6.07, 6.45) is 1.75. The maximum absolute atomic E-state index is 10.4. The van der Waals surface area contributed by atoms with Gasteiger partial charge in [-0.05, 0) is 6.42 Å². The lowest BCUT2D eigenvalue weighted by Crippen LogP contribution is -1.97. The van der Waals surface area contributed by atoms with Crippen molar-refractivity contribution >= 4 is 17.7 Å². The molecule has 0 spiro atoms. The summed E-state index contributed by atoms with van der Waals surface area (Å²) in [5.41, 5.74) is 0.466. The van der Waals surface area contributed by atoms with Gasteiger partial charge in [-0.2, -0.15) is 0 Å². The van der Waals surface area contributed by atoms with E-state index in [4.69, 9.17) is 14.0 Å². The van der Waals surface area contributed by atoms with Crippen LogP contribution in [0.5, 0.6) is 0 Å². The maximum atomic E-state index is 10.4. The molecule has 0 saturated carbocycles. The Morgan fingerprint density at radius 1 is 1.50 bits per heavy atom. The fourth-order valence-corrected chi connectivity index (χ4v) is 1.76. The summed E-state index contributed by atoms with van der Waals surface area (Å²) in [7, 11) is 0. The molecule has 0 aromatic carbocycles. The van der Waals surface area contributed by atoms with Gasteiger partial charge in [-0.1, -0.05) is 23.8 Å². The van der Waals surface area contributed by atoms with E-state index in [1.165, 1.54) is 0 Å². The van der Waals surface area contributed by atoms with Gasteiger partial charge in [0.15, 0.2) is 5.69 Å². The first-order valence-electron chi connectivity index (χ1n) is 5.33. The number of thioether (sulfide) groups is 1. The van der Waals surface area contributed by atoms with Crippen molar-refractivity contribution in [1.82, 2.24) is 15.4 Å². The van der Waals surface area contributed by atoms with Gasteiger partial charge in [-0.25, -0.2) is 0 Å². The van der Waals surface area contributed by atoms with E-state index in [1.807, 2.05) is 6.92 Å². The number of carboxylic acids is 1. The van der Waals surface area contributed by atoms with Gasteiger partial charge in [0.1, 0.15) is 11.5 Å². The van der Waals surface area contributed by atoms with E-state index >= 15 is 0 Å². The second-order valence-electron chi connectivity index (χ2n) is 3.48. The molecule has 0 amide bonds. The molecule has 1 N–H and O–H groups in total. The minimum Gasteiger partial charge on any atom is -0.481 e. The summed E-state index contributed by atoms with van der Waals surface area (Å²) in [4.78, 5) is 10.4. The van der Waals surface area contributed by atoms with Gasteiger partial charge in [0.25, 0.3) is 11.1 Å². The molecular weight excluding hydrogens is 258 g/mol. The molecule has 2 aromatic rings. The van der Waals surface area contributed by atoms with E-state index in [9.17, 15) is 4.79 Å². The van der Waals surface area contributed by atoms with Gasteiger partial charge in [0.2, 0.25) is 0 Å². The molecule has 0 bridgehead atoms. The van der Waals surface area contributed by atoms with E-state index in [1.54, 1.807) is 6.07 Å². The molecule has 0 aliphatic rings. The highest BCUT2D eigenvalue weighted by molar-refractivity contribution is 7.99. The number of hydrogen-bond donors (Lipinski definition) is 1. The Labute approximate surface area is 107 Å². The lowest BCUT2D eigenvalue weighted by Gasteiger charge is -1.88. The van der Waals surface area contributed by atoms with Crippen LogP contribution in [-0.4, -0.2) is 32.2 Å². The highest BCUT2D eigenvalue weighted by Crippen LogP contribution is 2.23. The lowest BCUT2D eigenvalue weighted by molar-refractivity contribution is -0.133. The van der Waals surface area contributed by atoms with Crippen molar-refractivity contribution in [3.63, 3.8) is 0 Å². The van der Waals surface area contributed by atoms with E-state index in [-0.39, 0.29) is 16.9 Å². The molecule has 0 radical (unpaired) electrons. The Balaban J connectivity index is 2.06. The van der Waals surface area contributed by atoms with Crippen LogP contribution in [0.3, 0.4) is 0 Å². The zero-order valence-electron chi connectivity index (χ0n) is 9.62. The van der Waals surface area contributed by atoms with Crippen molar-refractivity contribution in [3.05, 3.63) is 11.8 Å². The maximum Gasteiger partial charge on any atom is 0.314 e. The number of aliphatic carboxylic acids is 1. The number of carboxylic acid groups (broad SMARTS) is 1. The van der Waals surface area contributed by atoms with Gasteiger partial charge < -0.3 is 14.0 Å². The number of nitrogens with zero attached hydrogens (tertiary/aromatic N) is 3. The van der Waals surface area contributed by atoms with Crippen LogP contribution in [0.25, 0.3) is 11.6 Å². The Kier molecular flexibility index (Phi) is 3.98. The first kappa shape index (κ1) is 12.6. The quantitative estimate of drug-likeness (QED) is 0.792. The number of hydrogen-bond acceptors (Lipinski definition) is 7. The highest BCUT2D eigenvalue weighted by Gasteiger charge is 2.14. The van der Waals surface area contributed by atoms with Crippen LogP contribution in [-0.2, 0) is 11.2 Å². The van der Waals surface area contributed by atoms with Crippen LogP contribution in [0.1, 0.15) is 19.1 Å². The second-order valence-corrected chi connectivity index (χ2v) is 4.41. The first-order chi connectivity index (χ1) is 8.69. The SMILES string of the molecule is CCCc1cc(-c2nnc(SCC(=O)O)o2)no1. The zero-order chi connectivity index (χ0) is 13.0. The molecular formula is C10H11N3O4S. The van der Waals surface area contributed by atoms with Gasteiger partial charge in [-0.3, -0.25) is 4.79 Å². The monoisotopic (exact) mass is 269 g/mol. The molecule has 0 aliphatic heterocycles. The summed E-state index contributed by atoms with van der Waals surface area (Å²) < 4.78 is 10.4. The summed E-state index contributed by atoms with van der Waals surface area (Å²) >= 11 is 0.963. The van der Waals surface area contributed by atoms with E-state index < -0.39 is 5.97 Å². The Morgan fingerprint density at radius 2 is 2.33 bits per heavy atom. The fourth-order valence-electron chi connectivity index (χ4n) is 1.27. The first-order valence-corrected chi connectivity index (χ1v) is 6.31. The molecule has 18 heavy (non-hydrogen) atoms. The smallest absolute Gasteiger partial charge is 0.314 e. The van der Waals surface area contributed by atoms with Crippen molar-refractivity contribution in [1.29, 1.82) is 0 Å². The average molecular weight is 269 g/mol. The van der Waals surface area contributed by atoms with Gasteiger partial charge in [-0.15, -0.1) is 10.2 Å². The third-order valence-electron chi connectivity index (χ3n) is 2.00. The van der Waals surface area contributed by atoms with Crippen LogP contribution < -0.4 is 0 Å². The number of rotatable bonds is 6. The normalized spacial score (nSPS) is 10.7. The molecule has 2 rings (SSSR count). The standard InChI is InChI=1S/C10H11N3O4S/c1-2-3-6-4-7(13-17-6)9-11-12-10(16-9)18-5-8(14)15/h4H,2-3,5H2,1H3,(H,14,15). The summed E-state index contributed by atoms with van der Waals surface area (Å²) in [5, 5.41) is 20.0. The van der Waals surface area contributed by atoms with E-state index in [0.29, 0.717) is 5.69 Å². The molecule has 0 unspecified atom stereocenters. The number of aromatic nitrogens is 3. The second kappa shape index (κ2) is 5.67. The van der Waals surface area contributed by atoms with Crippen molar-refractivity contribution in [2.24, 2.45) is 0 Å². The molecule has 0 aliphatic carbocycles. The molecule has 0 fully saturated rings. The van der Waals surface area contributed by atoms with E-state index in [2.05, 4.69) is 15.4 Å². The van der Waals surface area contributed by atoms with Gasteiger partial charge >= 0.3 is 5.97 Å². The molecule has 0 saturated heterocycles. The highest BCUT2D eigenvalue weighted by atomic mass is 32.2. The van der Waals surface area contributed by atoms with Crippen molar-refractivity contribution in [2.45, 2.75) is 25.0 Å². The average Bonchev–Trinajstić information content (AvgIpc) is 2.94. The van der Waals surface area contributed by atoms with Crippen molar-refractivity contribution < 1.29 is 18.8 Å². The van der Waals surface area contributed by atoms with Crippen molar-refractivity contribution in [2.75, 3.05) is 5.75 Å². The van der Waals surface area contributed by atoms with Crippen molar-refractivity contribution in [3.8, 4) is 11.6 Å². The summed E-state index contributed by atoms with van der Waals surface area (Å²) in [6, 6.07) is 1.74. The van der Waals surface area contributed by atoms with Crippen LogP contribution >= 0.6 is 11.8 Å². The van der Waals surface area contributed by atoms with Gasteiger partial charge in [0.05, 0.1) is 0 Å².